The zero-order valence-electron chi connectivity index (χ0n) is 14.2. The lowest BCUT2D eigenvalue weighted by Gasteiger charge is -2.34. The van der Waals surface area contributed by atoms with E-state index in [9.17, 15) is 4.79 Å². The quantitative estimate of drug-likeness (QED) is 0.674. The molecule has 0 radical (unpaired) electrons. The molecule has 1 unspecified atom stereocenters. The standard InChI is InChI=1S/C17H22ClN3O2/c1-10-6-12-7-13-9-20(16(22)23-17(3,4)5)8-11(2)21(13)15(12)19-14(10)18/h6-7,11H,8-9H2,1-5H3. The van der Waals surface area contributed by atoms with Crippen molar-refractivity contribution in [2.75, 3.05) is 6.54 Å². The molecule has 23 heavy (non-hydrogen) atoms. The summed E-state index contributed by atoms with van der Waals surface area (Å²) in [6.07, 6.45) is -0.275. The van der Waals surface area contributed by atoms with E-state index in [0.29, 0.717) is 18.2 Å². The van der Waals surface area contributed by atoms with E-state index in [-0.39, 0.29) is 12.1 Å². The molecule has 3 rings (SSSR count). The van der Waals surface area contributed by atoms with Crippen LogP contribution in [0.25, 0.3) is 11.0 Å². The Morgan fingerprint density at radius 3 is 2.74 bits per heavy atom. The number of amides is 1. The van der Waals surface area contributed by atoms with Crippen molar-refractivity contribution in [2.24, 2.45) is 0 Å². The van der Waals surface area contributed by atoms with Gasteiger partial charge in [0, 0.05) is 17.6 Å². The first-order valence-corrected chi connectivity index (χ1v) is 8.18. The molecule has 5 nitrogen and oxygen atoms in total. The van der Waals surface area contributed by atoms with Crippen LogP contribution in [0, 0.1) is 6.92 Å². The summed E-state index contributed by atoms with van der Waals surface area (Å²) in [5.74, 6) is 0. The van der Waals surface area contributed by atoms with Gasteiger partial charge in [-0.15, -0.1) is 0 Å². The lowest BCUT2D eigenvalue weighted by atomic mass is 10.2. The summed E-state index contributed by atoms with van der Waals surface area (Å²) in [6, 6.07) is 4.24. The van der Waals surface area contributed by atoms with Gasteiger partial charge in [0.1, 0.15) is 16.4 Å². The van der Waals surface area contributed by atoms with Crippen molar-refractivity contribution in [3.63, 3.8) is 0 Å². The van der Waals surface area contributed by atoms with Crippen LogP contribution >= 0.6 is 11.6 Å². The van der Waals surface area contributed by atoms with Gasteiger partial charge in [-0.3, -0.25) is 0 Å². The average molecular weight is 336 g/mol. The number of hydrogen-bond acceptors (Lipinski definition) is 3. The van der Waals surface area contributed by atoms with Crippen molar-refractivity contribution in [1.82, 2.24) is 14.5 Å². The van der Waals surface area contributed by atoms with Gasteiger partial charge < -0.3 is 14.2 Å². The van der Waals surface area contributed by atoms with Crippen molar-refractivity contribution < 1.29 is 9.53 Å². The minimum absolute atomic E-state index is 0.120. The molecular weight excluding hydrogens is 314 g/mol. The van der Waals surface area contributed by atoms with Gasteiger partial charge in [-0.05, 0) is 52.3 Å². The van der Waals surface area contributed by atoms with Gasteiger partial charge in [-0.2, -0.15) is 0 Å². The molecule has 0 saturated heterocycles. The maximum Gasteiger partial charge on any atom is 0.410 e. The van der Waals surface area contributed by atoms with Crippen LogP contribution in [0.1, 0.15) is 45.0 Å². The third kappa shape index (κ3) is 3.02. The van der Waals surface area contributed by atoms with Crippen LogP contribution in [-0.2, 0) is 11.3 Å². The fraction of sp³-hybridized carbons (Fsp3) is 0.529. The van der Waals surface area contributed by atoms with Gasteiger partial charge in [0.15, 0.2) is 0 Å². The van der Waals surface area contributed by atoms with Crippen LogP contribution in [0.3, 0.4) is 0 Å². The number of carbonyl (C=O) groups excluding carboxylic acids is 1. The highest BCUT2D eigenvalue weighted by Crippen LogP contribution is 2.31. The van der Waals surface area contributed by atoms with Crippen molar-refractivity contribution >= 4 is 28.7 Å². The summed E-state index contributed by atoms with van der Waals surface area (Å²) in [6.45, 7) is 10.8. The topological polar surface area (TPSA) is 47.4 Å². The van der Waals surface area contributed by atoms with Crippen LogP contribution in [0.4, 0.5) is 4.79 Å². The van der Waals surface area contributed by atoms with Crippen LogP contribution < -0.4 is 0 Å². The van der Waals surface area contributed by atoms with Crippen molar-refractivity contribution in [3.05, 3.63) is 28.5 Å². The fourth-order valence-corrected chi connectivity index (χ4v) is 3.16. The van der Waals surface area contributed by atoms with E-state index in [4.69, 9.17) is 16.3 Å². The Kier molecular flexibility index (Phi) is 3.79. The molecule has 124 valence electrons. The smallest absolute Gasteiger partial charge is 0.410 e. The molecule has 3 heterocycles. The second kappa shape index (κ2) is 5.41. The van der Waals surface area contributed by atoms with Gasteiger partial charge in [0.2, 0.25) is 0 Å². The van der Waals surface area contributed by atoms with E-state index in [1.165, 1.54) is 0 Å². The largest absolute Gasteiger partial charge is 0.444 e. The summed E-state index contributed by atoms with van der Waals surface area (Å²) < 4.78 is 7.66. The minimum atomic E-state index is -0.489. The lowest BCUT2D eigenvalue weighted by Crippen LogP contribution is -2.42. The van der Waals surface area contributed by atoms with E-state index in [0.717, 1.165) is 22.3 Å². The molecule has 0 saturated carbocycles. The molecular formula is C17H22ClN3O2. The Hall–Kier alpha value is -1.75. The van der Waals surface area contributed by atoms with Crippen LogP contribution in [0.15, 0.2) is 12.1 Å². The molecule has 1 atom stereocenters. The number of pyridine rings is 1. The summed E-state index contributed by atoms with van der Waals surface area (Å²) in [7, 11) is 0. The number of nitrogens with zero attached hydrogens (tertiary/aromatic N) is 3. The van der Waals surface area contributed by atoms with Gasteiger partial charge >= 0.3 is 6.09 Å². The van der Waals surface area contributed by atoms with Gasteiger partial charge in [-0.25, -0.2) is 9.78 Å². The van der Waals surface area contributed by atoms with Gasteiger partial charge in [-0.1, -0.05) is 11.6 Å². The number of fused-ring (bicyclic) bond motifs is 3. The molecule has 0 fully saturated rings. The molecule has 0 spiro atoms. The summed E-state index contributed by atoms with van der Waals surface area (Å²) in [5, 5.41) is 1.58. The Balaban J connectivity index is 1.96. The number of ether oxygens (including phenoxy) is 1. The lowest BCUT2D eigenvalue weighted by molar-refractivity contribution is 0.0175. The van der Waals surface area contributed by atoms with Crippen molar-refractivity contribution in [1.29, 1.82) is 0 Å². The number of hydrogen-bond donors (Lipinski definition) is 0. The Morgan fingerprint density at radius 1 is 1.39 bits per heavy atom. The average Bonchev–Trinajstić information content (AvgIpc) is 2.75. The minimum Gasteiger partial charge on any atom is -0.444 e. The zero-order valence-corrected chi connectivity index (χ0v) is 14.9. The highest BCUT2D eigenvalue weighted by Gasteiger charge is 2.30. The summed E-state index contributed by atoms with van der Waals surface area (Å²) in [5.41, 5.74) is 2.40. The number of rotatable bonds is 0. The molecule has 6 heteroatoms. The Bertz CT molecular complexity index is 776. The predicted molar refractivity (Wildman–Crippen MR) is 90.8 cm³/mol. The molecule has 0 bridgehead atoms. The second-order valence-electron chi connectivity index (χ2n) is 7.22. The van der Waals surface area contributed by atoms with Crippen molar-refractivity contribution in [2.45, 2.75) is 52.8 Å². The highest BCUT2D eigenvalue weighted by atomic mass is 35.5. The summed E-state index contributed by atoms with van der Waals surface area (Å²) >= 11 is 6.18. The van der Waals surface area contributed by atoms with Crippen LogP contribution in [0.5, 0.6) is 0 Å². The zero-order chi connectivity index (χ0) is 16.9. The van der Waals surface area contributed by atoms with Crippen molar-refractivity contribution in [3.8, 4) is 0 Å². The van der Waals surface area contributed by atoms with Gasteiger partial charge in [0.25, 0.3) is 0 Å². The first kappa shape index (κ1) is 16.1. The third-order valence-electron chi connectivity index (χ3n) is 3.95. The maximum absolute atomic E-state index is 12.4. The Morgan fingerprint density at radius 2 is 2.09 bits per heavy atom. The molecule has 2 aromatic rings. The SMILES string of the molecule is Cc1cc2cc3n(c2nc1Cl)C(C)CN(C(=O)OC(C)(C)C)C3. The molecule has 0 aliphatic carbocycles. The van der Waals surface area contributed by atoms with E-state index < -0.39 is 5.60 Å². The molecule has 0 aromatic carbocycles. The van der Waals surface area contributed by atoms with E-state index in [1.807, 2.05) is 33.8 Å². The first-order valence-electron chi connectivity index (χ1n) is 7.80. The number of halogens is 1. The molecule has 1 aliphatic rings. The predicted octanol–water partition coefficient (Wildman–Crippen LogP) is 4.31. The van der Waals surface area contributed by atoms with E-state index >= 15 is 0 Å². The Labute approximate surface area is 141 Å². The van der Waals surface area contributed by atoms with Crippen LogP contribution in [0.2, 0.25) is 5.15 Å². The molecule has 2 aromatic heterocycles. The normalized spacial score (nSPS) is 18.2. The summed E-state index contributed by atoms with van der Waals surface area (Å²) in [4.78, 5) is 18.6. The van der Waals surface area contributed by atoms with E-state index in [2.05, 4.69) is 22.5 Å². The van der Waals surface area contributed by atoms with E-state index in [1.54, 1.807) is 4.90 Å². The van der Waals surface area contributed by atoms with Gasteiger partial charge in [0.05, 0.1) is 12.6 Å². The molecule has 0 N–H and O–H groups in total. The number of aryl methyl sites for hydroxylation is 1. The maximum atomic E-state index is 12.4. The highest BCUT2D eigenvalue weighted by molar-refractivity contribution is 6.30. The molecule has 1 aliphatic heterocycles. The third-order valence-corrected chi connectivity index (χ3v) is 4.33. The second-order valence-corrected chi connectivity index (χ2v) is 7.58. The molecule has 1 amide bonds. The number of carbonyl (C=O) groups is 1. The first-order chi connectivity index (χ1) is 10.7. The fourth-order valence-electron chi connectivity index (χ4n) is 3.03. The number of aromatic nitrogens is 2. The monoisotopic (exact) mass is 335 g/mol. The van der Waals surface area contributed by atoms with Crippen LogP contribution in [-0.4, -0.2) is 32.7 Å².